The van der Waals surface area contributed by atoms with E-state index in [1.165, 1.54) is 6.92 Å². The summed E-state index contributed by atoms with van der Waals surface area (Å²) in [5, 5.41) is 6.30. The van der Waals surface area contributed by atoms with E-state index in [1.807, 2.05) is 0 Å². The lowest BCUT2D eigenvalue weighted by molar-refractivity contribution is -0.138. The zero-order chi connectivity index (χ0) is 21.5. The normalized spacial score (nSPS) is 13.4. The summed E-state index contributed by atoms with van der Waals surface area (Å²) in [6.45, 7) is 7.50. The van der Waals surface area contributed by atoms with Crippen molar-refractivity contribution in [3.63, 3.8) is 0 Å². The van der Waals surface area contributed by atoms with Gasteiger partial charge in [0.05, 0.1) is 18.5 Å². The molecule has 0 spiro atoms. The first kappa shape index (κ1) is 24.1. The molecule has 1 atom stereocenters. The van der Waals surface area contributed by atoms with Crippen LogP contribution >= 0.6 is 0 Å². The summed E-state index contributed by atoms with van der Waals surface area (Å²) < 4.78 is 51.2. The highest BCUT2D eigenvalue weighted by Crippen LogP contribution is 2.31. The molecule has 3 N–H and O–H groups in total. The van der Waals surface area contributed by atoms with E-state index in [9.17, 15) is 22.8 Å². The molecule has 0 saturated heterocycles. The van der Waals surface area contributed by atoms with Gasteiger partial charge >= 0.3 is 6.18 Å². The van der Waals surface area contributed by atoms with Crippen LogP contribution in [0.3, 0.4) is 0 Å². The standard InChI is InChI=1S/C16H27F3N4O4Si/c1-11(8-27-9-13(20)24)22-12-7-21-23(10-26-5-6-28(2,3)4)15(25)14(12)16(17,18)19/h7,11,22H,5-6,8-10H2,1-4H3,(H2,20,24)/t11-/m0/s1. The first-order valence-corrected chi connectivity index (χ1v) is 12.4. The van der Waals surface area contributed by atoms with Crippen LogP contribution in [0.4, 0.5) is 18.9 Å². The summed E-state index contributed by atoms with van der Waals surface area (Å²) >= 11 is 0. The number of nitrogens with one attached hydrogen (secondary N) is 1. The maximum atomic E-state index is 13.4. The largest absolute Gasteiger partial charge is 0.423 e. The Morgan fingerprint density at radius 1 is 1.36 bits per heavy atom. The maximum absolute atomic E-state index is 13.4. The Balaban J connectivity index is 2.90. The average molecular weight is 424 g/mol. The number of aromatic nitrogens is 2. The SMILES string of the molecule is C[C@@H](COCC(N)=O)Nc1cnn(COCC[Si](C)(C)C)c(=O)c1C(F)(F)F. The van der Waals surface area contributed by atoms with Gasteiger partial charge in [-0.25, -0.2) is 4.68 Å². The molecule has 28 heavy (non-hydrogen) atoms. The van der Waals surface area contributed by atoms with E-state index >= 15 is 0 Å². The molecule has 8 nitrogen and oxygen atoms in total. The number of amides is 1. The van der Waals surface area contributed by atoms with Crippen LogP contribution in [0, 0.1) is 0 Å². The van der Waals surface area contributed by atoms with Crippen molar-refractivity contribution in [2.45, 2.75) is 51.6 Å². The number of anilines is 1. The van der Waals surface area contributed by atoms with E-state index in [2.05, 4.69) is 30.1 Å². The average Bonchev–Trinajstić information content (AvgIpc) is 2.50. The molecule has 1 aromatic heterocycles. The van der Waals surface area contributed by atoms with Crippen LogP contribution in [-0.2, 0) is 27.2 Å². The fraction of sp³-hybridized carbons (Fsp3) is 0.688. The predicted molar refractivity (Wildman–Crippen MR) is 101 cm³/mol. The summed E-state index contributed by atoms with van der Waals surface area (Å²) in [5.41, 5.74) is 1.80. The van der Waals surface area contributed by atoms with Crippen molar-refractivity contribution in [3.05, 3.63) is 22.1 Å². The molecule has 0 fully saturated rings. The second kappa shape index (κ2) is 10.0. The minimum absolute atomic E-state index is 0.0802. The Hall–Kier alpha value is -1.92. The maximum Gasteiger partial charge on any atom is 0.423 e. The summed E-state index contributed by atoms with van der Waals surface area (Å²) in [4.78, 5) is 22.9. The Labute approximate surface area is 162 Å². The minimum Gasteiger partial charge on any atom is -0.378 e. The summed E-state index contributed by atoms with van der Waals surface area (Å²) in [6, 6.07) is 0.196. The number of hydrogen-bond donors (Lipinski definition) is 2. The van der Waals surface area contributed by atoms with Gasteiger partial charge in [-0.3, -0.25) is 9.59 Å². The molecule has 0 saturated carbocycles. The lowest BCUT2D eigenvalue weighted by Crippen LogP contribution is -2.34. The van der Waals surface area contributed by atoms with E-state index in [0.29, 0.717) is 11.3 Å². The highest BCUT2D eigenvalue weighted by atomic mass is 28.3. The Morgan fingerprint density at radius 2 is 2.00 bits per heavy atom. The molecule has 0 aliphatic carbocycles. The number of halogens is 3. The molecule has 1 rings (SSSR count). The molecule has 1 amide bonds. The second-order valence-corrected chi connectivity index (χ2v) is 13.2. The van der Waals surface area contributed by atoms with Gasteiger partial charge in [-0.05, 0) is 13.0 Å². The molecular weight excluding hydrogens is 397 g/mol. The zero-order valence-corrected chi connectivity index (χ0v) is 17.4. The smallest absolute Gasteiger partial charge is 0.378 e. The number of nitrogens with zero attached hydrogens (tertiary/aromatic N) is 2. The van der Waals surface area contributed by atoms with Crippen LogP contribution in [-0.4, -0.2) is 49.6 Å². The third kappa shape index (κ3) is 8.40. The van der Waals surface area contributed by atoms with Gasteiger partial charge in [-0.1, -0.05) is 19.6 Å². The van der Waals surface area contributed by atoms with Crippen molar-refractivity contribution < 1.29 is 27.4 Å². The monoisotopic (exact) mass is 424 g/mol. The predicted octanol–water partition coefficient (Wildman–Crippen LogP) is 1.88. The van der Waals surface area contributed by atoms with Crippen LogP contribution in [0.15, 0.2) is 11.0 Å². The highest BCUT2D eigenvalue weighted by Gasteiger charge is 2.38. The number of primary amides is 1. The molecule has 0 aliphatic rings. The number of ether oxygens (including phenoxy) is 2. The zero-order valence-electron chi connectivity index (χ0n) is 16.4. The van der Waals surface area contributed by atoms with Gasteiger partial charge in [0.2, 0.25) is 5.91 Å². The van der Waals surface area contributed by atoms with E-state index in [1.54, 1.807) is 0 Å². The first-order chi connectivity index (χ1) is 12.8. The highest BCUT2D eigenvalue weighted by molar-refractivity contribution is 6.76. The van der Waals surface area contributed by atoms with Crippen LogP contribution in [0.5, 0.6) is 0 Å². The van der Waals surface area contributed by atoms with Gasteiger partial charge in [0.25, 0.3) is 5.56 Å². The van der Waals surface area contributed by atoms with E-state index in [4.69, 9.17) is 15.2 Å². The Morgan fingerprint density at radius 3 is 2.54 bits per heavy atom. The summed E-state index contributed by atoms with van der Waals surface area (Å²) in [7, 11) is -1.36. The molecule has 12 heteroatoms. The van der Waals surface area contributed by atoms with Crippen molar-refractivity contribution in [2.24, 2.45) is 5.73 Å². The number of hydrogen-bond acceptors (Lipinski definition) is 6. The van der Waals surface area contributed by atoms with Gasteiger partial charge in [0.15, 0.2) is 0 Å². The Bertz CT molecular complexity index is 719. The number of rotatable bonds is 11. The van der Waals surface area contributed by atoms with Crippen molar-refractivity contribution in [1.29, 1.82) is 0 Å². The van der Waals surface area contributed by atoms with E-state index < -0.39 is 43.0 Å². The molecule has 0 aliphatic heterocycles. The summed E-state index contributed by atoms with van der Waals surface area (Å²) in [6.07, 6.45) is -3.95. The van der Waals surface area contributed by atoms with Gasteiger partial charge in [0, 0.05) is 20.7 Å². The quantitative estimate of drug-likeness (QED) is 0.415. The number of alkyl halides is 3. The Kier molecular flexibility index (Phi) is 8.64. The molecule has 1 aromatic rings. The van der Waals surface area contributed by atoms with Crippen molar-refractivity contribution in [1.82, 2.24) is 9.78 Å². The van der Waals surface area contributed by atoms with Crippen LogP contribution in [0.25, 0.3) is 0 Å². The van der Waals surface area contributed by atoms with E-state index in [-0.39, 0.29) is 19.9 Å². The molecule has 1 heterocycles. The van der Waals surface area contributed by atoms with Gasteiger partial charge in [-0.15, -0.1) is 0 Å². The number of nitrogens with two attached hydrogens (primary N) is 1. The topological polar surface area (TPSA) is 108 Å². The first-order valence-electron chi connectivity index (χ1n) is 8.69. The number of carbonyl (C=O) groups excluding carboxylic acids is 1. The van der Waals surface area contributed by atoms with Gasteiger partial charge in [-0.2, -0.15) is 18.3 Å². The minimum atomic E-state index is -4.88. The van der Waals surface area contributed by atoms with Crippen LogP contribution in [0.2, 0.25) is 25.7 Å². The number of carbonyl (C=O) groups is 1. The van der Waals surface area contributed by atoms with Crippen LogP contribution < -0.4 is 16.6 Å². The third-order valence-corrected chi connectivity index (χ3v) is 5.26. The van der Waals surface area contributed by atoms with Crippen molar-refractivity contribution >= 4 is 19.7 Å². The molecule has 0 aromatic carbocycles. The molecule has 0 unspecified atom stereocenters. The van der Waals surface area contributed by atoms with Crippen molar-refractivity contribution in [3.8, 4) is 0 Å². The third-order valence-electron chi connectivity index (χ3n) is 3.55. The lowest BCUT2D eigenvalue weighted by Gasteiger charge is -2.20. The molecular formula is C16H27F3N4O4Si. The molecule has 0 radical (unpaired) electrons. The lowest BCUT2D eigenvalue weighted by atomic mass is 10.2. The fourth-order valence-electron chi connectivity index (χ4n) is 2.14. The van der Waals surface area contributed by atoms with Crippen molar-refractivity contribution in [2.75, 3.05) is 25.1 Å². The molecule has 0 bridgehead atoms. The van der Waals surface area contributed by atoms with Gasteiger partial charge in [0.1, 0.15) is 18.9 Å². The summed E-state index contributed by atoms with van der Waals surface area (Å²) in [5.74, 6) is -0.693. The van der Waals surface area contributed by atoms with Gasteiger partial charge < -0.3 is 20.5 Å². The fourth-order valence-corrected chi connectivity index (χ4v) is 2.89. The second-order valence-electron chi connectivity index (χ2n) is 7.61. The van der Waals surface area contributed by atoms with E-state index in [0.717, 1.165) is 12.2 Å². The van der Waals surface area contributed by atoms with Crippen LogP contribution in [0.1, 0.15) is 12.5 Å². The molecule has 160 valence electrons.